The number of anilines is 1. The summed E-state index contributed by atoms with van der Waals surface area (Å²) < 4.78 is 26.9. The Bertz CT molecular complexity index is 627. The third-order valence-electron chi connectivity index (χ3n) is 3.15. The minimum Gasteiger partial charge on any atom is -0.325 e. The first-order valence-electron chi connectivity index (χ1n) is 6.87. The molecule has 21 heavy (non-hydrogen) atoms. The second-order valence-corrected chi connectivity index (χ2v) is 8.26. The molecule has 2 rings (SSSR count). The maximum absolute atomic E-state index is 12.1. The minimum absolute atomic E-state index is 0.0566. The van der Waals surface area contributed by atoms with Gasteiger partial charge >= 0.3 is 0 Å². The quantitative estimate of drug-likeness (QED) is 0.751. The van der Waals surface area contributed by atoms with E-state index in [-0.39, 0.29) is 27.6 Å². The molecule has 5 nitrogen and oxygen atoms in total. The lowest BCUT2D eigenvalue weighted by atomic mass is 10.1. The fraction of sp³-hybridized carbons (Fsp3) is 0.500. The van der Waals surface area contributed by atoms with E-state index in [9.17, 15) is 13.2 Å². The molecule has 0 saturated heterocycles. The van der Waals surface area contributed by atoms with Crippen LogP contribution in [-0.2, 0) is 14.8 Å². The highest BCUT2D eigenvalue weighted by Crippen LogP contribution is 2.23. The van der Waals surface area contributed by atoms with Crippen molar-refractivity contribution in [1.29, 1.82) is 0 Å². The van der Waals surface area contributed by atoms with E-state index in [4.69, 9.17) is 0 Å². The Morgan fingerprint density at radius 1 is 1.33 bits per heavy atom. The molecule has 1 aromatic carbocycles. The molecular weight excluding hydrogens is 356 g/mol. The van der Waals surface area contributed by atoms with Gasteiger partial charge < -0.3 is 5.32 Å². The SMILES string of the molecule is CC(C)C(Br)C(=O)Nc1cccc(S(=O)(=O)NC2CC2)c1. The summed E-state index contributed by atoms with van der Waals surface area (Å²) in [6, 6.07) is 6.35. The number of benzene rings is 1. The summed E-state index contributed by atoms with van der Waals surface area (Å²) in [6.07, 6.45) is 1.77. The monoisotopic (exact) mass is 374 g/mol. The van der Waals surface area contributed by atoms with Gasteiger partial charge in [-0.15, -0.1) is 0 Å². The topological polar surface area (TPSA) is 75.3 Å². The zero-order chi connectivity index (χ0) is 15.6. The molecule has 0 spiro atoms. The minimum atomic E-state index is -3.50. The molecule has 1 aliphatic carbocycles. The Morgan fingerprint density at radius 2 is 2.00 bits per heavy atom. The van der Waals surface area contributed by atoms with E-state index in [2.05, 4.69) is 26.0 Å². The highest BCUT2D eigenvalue weighted by atomic mass is 79.9. The molecule has 2 N–H and O–H groups in total. The van der Waals surface area contributed by atoms with Crippen molar-refractivity contribution >= 4 is 37.5 Å². The molecule has 116 valence electrons. The van der Waals surface area contributed by atoms with Crippen molar-refractivity contribution in [2.45, 2.75) is 42.5 Å². The third-order valence-corrected chi connectivity index (χ3v) is 6.14. The van der Waals surface area contributed by atoms with E-state index in [0.717, 1.165) is 12.8 Å². The van der Waals surface area contributed by atoms with E-state index in [1.165, 1.54) is 12.1 Å². The first kappa shape index (κ1) is 16.5. The highest BCUT2D eigenvalue weighted by Gasteiger charge is 2.28. The molecule has 1 unspecified atom stereocenters. The van der Waals surface area contributed by atoms with Crippen LogP contribution >= 0.6 is 15.9 Å². The Kier molecular flexibility index (Phi) is 5.06. The van der Waals surface area contributed by atoms with Crippen LogP contribution in [0, 0.1) is 5.92 Å². The Hall–Kier alpha value is -0.920. The van der Waals surface area contributed by atoms with Gasteiger partial charge in [-0.1, -0.05) is 35.8 Å². The standard InChI is InChI=1S/C14H19BrN2O3S/c1-9(2)13(15)14(18)16-11-4-3-5-12(8-11)21(19,20)17-10-6-7-10/h3-5,8-10,13,17H,6-7H2,1-2H3,(H,16,18). The van der Waals surface area contributed by atoms with Crippen LogP contribution < -0.4 is 10.0 Å². The Morgan fingerprint density at radius 3 is 2.57 bits per heavy atom. The van der Waals surface area contributed by atoms with Crippen LogP contribution in [0.1, 0.15) is 26.7 Å². The van der Waals surface area contributed by atoms with Crippen LogP contribution in [0.15, 0.2) is 29.2 Å². The summed E-state index contributed by atoms with van der Waals surface area (Å²) in [4.78, 5) is 11.8. The van der Waals surface area contributed by atoms with Gasteiger partial charge in [0.15, 0.2) is 0 Å². The normalized spacial score (nSPS) is 16.8. The maximum Gasteiger partial charge on any atom is 0.240 e. The number of rotatable bonds is 6. The first-order valence-corrected chi connectivity index (χ1v) is 9.27. The second kappa shape index (κ2) is 6.46. The van der Waals surface area contributed by atoms with Crippen LogP contribution in [-0.4, -0.2) is 25.2 Å². The summed E-state index contributed by atoms with van der Waals surface area (Å²) >= 11 is 3.32. The highest BCUT2D eigenvalue weighted by molar-refractivity contribution is 9.10. The van der Waals surface area contributed by atoms with Crippen molar-refractivity contribution in [3.05, 3.63) is 24.3 Å². The predicted octanol–water partition coefficient (Wildman–Crippen LogP) is 2.49. The lowest BCUT2D eigenvalue weighted by molar-refractivity contribution is -0.116. The van der Waals surface area contributed by atoms with Gasteiger partial charge in [-0.2, -0.15) is 0 Å². The summed E-state index contributed by atoms with van der Waals surface area (Å²) in [7, 11) is -3.50. The van der Waals surface area contributed by atoms with E-state index in [1.54, 1.807) is 12.1 Å². The zero-order valence-electron chi connectivity index (χ0n) is 12.0. The van der Waals surface area contributed by atoms with Crippen molar-refractivity contribution in [3.8, 4) is 0 Å². The van der Waals surface area contributed by atoms with Gasteiger partial charge in [-0.3, -0.25) is 4.79 Å². The van der Waals surface area contributed by atoms with Crippen molar-refractivity contribution in [3.63, 3.8) is 0 Å². The largest absolute Gasteiger partial charge is 0.325 e. The van der Waals surface area contributed by atoms with Gasteiger partial charge in [0, 0.05) is 11.7 Å². The second-order valence-electron chi connectivity index (χ2n) is 5.56. The number of sulfonamides is 1. The maximum atomic E-state index is 12.1. The average Bonchev–Trinajstić information content (AvgIpc) is 3.21. The van der Waals surface area contributed by atoms with Crippen molar-refractivity contribution < 1.29 is 13.2 Å². The van der Waals surface area contributed by atoms with Crippen LogP contribution in [0.4, 0.5) is 5.69 Å². The molecule has 1 atom stereocenters. The van der Waals surface area contributed by atoms with Crippen LogP contribution in [0.3, 0.4) is 0 Å². The van der Waals surface area contributed by atoms with E-state index >= 15 is 0 Å². The summed E-state index contributed by atoms with van der Waals surface area (Å²) in [5.74, 6) is -0.0388. The van der Waals surface area contributed by atoms with Gasteiger partial charge in [-0.25, -0.2) is 13.1 Å². The molecule has 0 aliphatic heterocycles. The molecule has 0 radical (unpaired) electrons. The fourth-order valence-electron chi connectivity index (χ4n) is 1.74. The molecule has 1 aliphatic rings. The molecule has 1 saturated carbocycles. The number of alkyl halides is 1. The molecular formula is C14H19BrN2O3S. The van der Waals surface area contributed by atoms with Crippen molar-refractivity contribution in [2.75, 3.05) is 5.32 Å². The summed E-state index contributed by atoms with van der Waals surface area (Å²) in [5, 5.41) is 2.73. The van der Waals surface area contributed by atoms with E-state index in [1.807, 2.05) is 13.8 Å². The van der Waals surface area contributed by atoms with Crippen LogP contribution in [0.25, 0.3) is 0 Å². The van der Waals surface area contributed by atoms with E-state index in [0.29, 0.717) is 5.69 Å². The van der Waals surface area contributed by atoms with Crippen molar-refractivity contribution in [2.24, 2.45) is 5.92 Å². The number of hydrogen-bond acceptors (Lipinski definition) is 3. The van der Waals surface area contributed by atoms with Crippen LogP contribution in [0.5, 0.6) is 0 Å². The summed E-state index contributed by atoms with van der Waals surface area (Å²) in [6.45, 7) is 3.86. The average molecular weight is 375 g/mol. The van der Waals surface area contributed by atoms with Gasteiger partial charge in [0.2, 0.25) is 15.9 Å². The first-order chi connectivity index (χ1) is 9.79. The number of halogens is 1. The fourth-order valence-corrected chi connectivity index (χ4v) is 3.21. The third kappa shape index (κ3) is 4.52. The predicted molar refractivity (Wildman–Crippen MR) is 86.0 cm³/mol. The number of carbonyl (C=O) groups excluding carboxylic acids is 1. The molecule has 1 aromatic rings. The van der Waals surface area contributed by atoms with Crippen molar-refractivity contribution in [1.82, 2.24) is 4.72 Å². The molecule has 1 fully saturated rings. The smallest absolute Gasteiger partial charge is 0.240 e. The lowest BCUT2D eigenvalue weighted by Crippen LogP contribution is -2.28. The number of nitrogens with one attached hydrogen (secondary N) is 2. The van der Waals surface area contributed by atoms with E-state index < -0.39 is 10.0 Å². The number of amides is 1. The molecule has 0 heterocycles. The lowest BCUT2D eigenvalue weighted by Gasteiger charge is -2.14. The molecule has 0 bridgehead atoms. The summed E-state index contributed by atoms with van der Waals surface area (Å²) in [5.41, 5.74) is 0.476. The Labute approximate surface area is 133 Å². The van der Waals surface area contributed by atoms with Crippen LogP contribution in [0.2, 0.25) is 0 Å². The van der Waals surface area contributed by atoms with Gasteiger partial charge in [0.05, 0.1) is 9.72 Å². The Balaban J connectivity index is 2.12. The molecule has 1 amide bonds. The zero-order valence-corrected chi connectivity index (χ0v) is 14.4. The molecule has 0 aromatic heterocycles. The van der Waals surface area contributed by atoms with Gasteiger partial charge in [0.1, 0.15) is 0 Å². The molecule has 7 heteroatoms. The number of hydrogen-bond donors (Lipinski definition) is 2. The van der Waals surface area contributed by atoms with Gasteiger partial charge in [0.25, 0.3) is 0 Å². The number of carbonyl (C=O) groups is 1. The van der Waals surface area contributed by atoms with Gasteiger partial charge in [-0.05, 0) is 37.0 Å².